The molecule has 2 aromatic rings. The zero-order valence-corrected chi connectivity index (χ0v) is 17.4. The molecule has 1 aliphatic rings. The third-order valence-corrected chi connectivity index (χ3v) is 5.25. The summed E-state index contributed by atoms with van der Waals surface area (Å²) in [6.07, 6.45) is 3.86. The maximum Gasteiger partial charge on any atom is 0.407 e. The molecule has 1 unspecified atom stereocenters. The van der Waals surface area contributed by atoms with Crippen LogP contribution in [-0.4, -0.2) is 34.7 Å². The fraction of sp³-hybridized carbons (Fsp3) is 0.545. The third-order valence-electron chi connectivity index (χ3n) is 5.25. The Bertz CT molecular complexity index is 877. The molecule has 0 radical (unpaired) electrons. The number of hydrogen-bond acceptors (Lipinski definition) is 3. The number of fused-ring (bicyclic) bond motifs is 1. The second kappa shape index (κ2) is 7.49. The third kappa shape index (κ3) is 4.86. The average molecular weight is 386 g/mol. The van der Waals surface area contributed by atoms with E-state index in [1.165, 1.54) is 0 Å². The summed E-state index contributed by atoms with van der Waals surface area (Å²) < 4.78 is 5.32. The van der Waals surface area contributed by atoms with Gasteiger partial charge in [0.05, 0.1) is 12.0 Å². The van der Waals surface area contributed by atoms with Gasteiger partial charge in [0.15, 0.2) is 0 Å². The smallest absolute Gasteiger partial charge is 0.407 e. The SMILES string of the molecule is Cc1cccc2[nH]cc(CC(=O)NC(C)(CNC(=O)OC(C)(C)C)C3CC3)c12. The summed E-state index contributed by atoms with van der Waals surface area (Å²) in [5.74, 6) is 0.334. The van der Waals surface area contributed by atoms with Gasteiger partial charge in [-0.15, -0.1) is 0 Å². The van der Waals surface area contributed by atoms with Crippen LogP contribution in [0.4, 0.5) is 4.79 Å². The lowest BCUT2D eigenvalue weighted by Gasteiger charge is -2.32. The van der Waals surface area contributed by atoms with E-state index < -0.39 is 17.2 Å². The Balaban J connectivity index is 1.65. The number of H-pyrrole nitrogens is 1. The van der Waals surface area contributed by atoms with Crippen LogP contribution in [0.25, 0.3) is 10.9 Å². The molecule has 3 rings (SSSR count). The van der Waals surface area contributed by atoms with Gasteiger partial charge in [-0.25, -0.2) is 4.79 Å². The highest BCUT2D eigenvalue weighted by molar-refractivity contribution is 5.91. The van der Waals surface area contributed by atoms with Crippen LogP contribution in [0.15, 0.2) is 24.4 Å². The number of rotatable bonds is 6. The van der Waals surface area contributed by atoms with Gasteiger partial charge in [0.25, 0.3) is 0 Å². The largest absolute Gasteiger partial charge is 0.444 e. The molecule has 0 spiro atoms. The molecule has 1 aromatic heterocycles. The minimum absolute atomic E-state index is 0.0375. The quantitative estimate of drug-likeness (QED) is 0.707. The van der Waals surface area contributed by atoms with Crippen molar-refractivity contribution < 1.29 is 14.3 Å². The molecule has 1 fully saturated rings. The molecule has 1 atom stereocenters. The summed E-state index contributed by atoms with van der Waals surface area (Å²) in [5, 5.41) is 7.10. The molecule has 28 heavy (non-hydrogen) atoms. The van der Waals surface area contributed by atoms with Gasteiger partial charge in [-0.3, -0.25) is 4.79 Å². The van der Waals surface area contributed by atoms with Gasteiger partial charge in [0.1, 0.15) is 5.60 Å². The fourth-order valence-corrected chi connectivity index (χ4v) is 3.71. The molecule has 6 heteroatoms. The number of aryl methyl sites for hydroxylation is 1. The zero-order valence-electron chi connectivity index (χ0n) is 17.4. The molecule has 0 saturated heterocycles. The second-order valence-electron chi connectivity index (χ2n) is 9.08. The Hall–Kier alpha value is -2.50. The lowest BCUT2D eigenvalue weighted by atomic mass is 9.95. The number of alkyl carbamates (subject to hydrolysis) is 1. The van der Waals surface area contributed by atoms with E-state index in [9.17, 15) is 9.59 Å². The molecule has 1 heterocycles. The number of carbonyl (C=O) groups is 2. The molecule has 2 amide bonds. The maximum absolute atomic E-state index is 12.8. The van der Waals surface area contributed by atoms with Crippen LogP contribution in [0.3, 0.4) is 0 Å². The predicted octanol–water partition coefficient (Wildman–Crippen LogP) is 3.83. The summed E-state index contributed by atoms with van der Waals surface area (Å²) >= 11 is 0. The van der Waals surface area contributed by atoms with Gasteiger partial charge in [0, 0.05) is 23.6 Å². The maximum atomic E-state index is 12.8. The highest BCUT2D eigenvalue weighted by Crippen LogP contribution is 2.39. The minimum Gasteiger partial charge on any atom is -0.444 e. The van der Waals surface area contributed by atoms with E-state index in [0.717, 1.165) is 34.9 Å². The predicted molar refractivity (Wildman–Crippen MR) is 110 cm³/mol. The summed E-state index contributed by atoms with van der Waals surface area (Å²) in [5.41, 5.74) is 2.16. The standard InChI is InChI=1S/C22H31N3O3/c1-14-7-6-8-17-19(14)15(12-23-17)11-18(26)25-22(5,16-9-10-16)13-24-20(27)28-21(2,3)4/h6-8,12,16,23H,9-11,13H2,1-5H3,(H,24,27)(H,25,26). The van der Waals surface area contributed by atoms with Gasteiger partial charge in [-0.1, -0.05) is 12.1 Å². The van der Waals surface area contributed by atoms with Crippen LogP contribution in [0.1, 0.15) is 51.7 Å². The first-order valence-electron chi connectivity index (χ1n) is 9.91. The van der Waals surface area contributed by atoms with Gasteiger partial charge in [-0.2, -0.15) is 0 Å². The van der Waals surface area contributed by atoms with Crippen LogP contribution >= 0.6 is 0 Å². The van der Waals surface area contributed by atoms with Crippen molar-refractivity contribution in [3.63, 3.8) is 0 Å². The van der Waals surface area contributed by atoms with Crippen molar-refractivity contribution in [3.05, 3.63) is 35.5 Å². The molecule has 0 aliphatic heterocycles. The molecule has 1 saturated carbocycles. The monoisotopic (exact) mass is 385 g/mol. The fourth-order valence-electron chi connectivity index (χ4n) is 3.71. The first-order valence-corrected chi connectivity index (χ1v) is 9.91. The zero-order chi connectivity index (χ0) is 20.5. The first kappa shape index (κ1) is 20.2. The molecule has 6 nitrogen and oxygen atoms in total. The van der Waals surface area contributed by atoms with E-state index in [1.807, 2.05) is 46.0 Å². The van der Waals surface area contributed by atoms with Crippen molar-refractivity contribution in [2.75, 3.05) is 6.54 Å². The number of nitrogens with one attached hydrogen (secondary N) is 3. The molecule has 0 bridgehead atoms. The second-order valence-corrected chi connectivity index (χ2v) is 9.08. The summed E-state index contributed by atoms with van der Waals surface area (Å²) in [6, 6.07) is 6.07. The van der Waals surface area contributed by atoms with E-state index in [1.54, 1.807) is 0 Å². The van der Waals surface area contributed by atoms with Crippen LogP contribution in [0.2, 0.25) is 0 Å². The molecular formula is C22H31N3O3. The highest BCUT2D eigenvalue weighted by atomic mass is 16.6. The van der Waals surface area contributed by atoms with E-state index in [0.29, 0.717) is 18.9 Å². The van der Waals surface area contributed by atoms with Crippen molar-refractivity contribution in [3.8, 4) is 0 Å². The van der Waals surface area contributed by atoms with Crippen molar-refractivity contribution in [1.82, 2.24) is 15.6 Å². The number of ether oxygens (including phenoxy) is 1. The van der Waals surface area contributed by atoms with E-state index in [4.69, 9.17) is 4.74 Å². The average Bonchev–Trinajstić information content (AvgIpc) is 3.35. The van der Waals surface area contributed by atoms with Crippen LogP contribution in [0, 0.1) is 12.8 Å². The number of benzene rings is 1. The Kier molecular flexibility index (Phi) is 5.41. The van der Waals surface area contributed by atoms with Crippen LogP contribution in [-0.2, 0) is 16.0 Å². The lowest BCUT2D eigenvalue weighted by Crippen LogP contribution is -2.56. The first-order chi connectivity index (χ1) is 13.1. The van der Waals surface area contributed by atoms with E-state index >= 15 is 0 Å². The molecular weight excluding hydrogens is 354 g/mol. The summed E-state index contributed by atoms with van der Waals surface area (Å²) in [7, 11) is 0. The van der Waals surface area contributed by atoms with Gasteiger partial charge < -0.3 is 20.4 Å². The molecule has 152 valence electrons. The van der Waals surface area contributed by atoms with E-state index in [-0.39, 0.29) is 5.91 Å². The van der Waals surface area contributed by atoms with Crippen molar-refractivity contribution in [2.24, 2.45) is 5.92 Å². The lowest BCUT2D eigenvalue weighted by molar-refractivity contribution is -0.122. The van der Waals surface area contributed by atoms with Crippen molar-refractivity contribution in [1.29, 1.82) is 0 Å². The summed E-state index contributed by atoms with van der Waals surface area (Å²) in [6.45, 7) is 9.90. The van der Waals surface area contributed by atoms with Crippen molar-refractivity contribution >= 4 is 22.9 Å². The van der Waals surface area contributed by atoms with Gasteiger partial charge in [0.2, 0.25) is 5.91 Å². The Morgan fingerprint density at radius 2 is 1.93 bits per heavy atom. The highest BCUT2D eigenvalue weighted by Gasteiger charge is 2.43. The Morgan fingerprint density at radius 3 is 2.57 bits per heavy atom. The normalized spacial score (nSPS) is 16.5. The summed E-state index contributed by atoms with van der Waals surface area (Å²) in [4.78, 5) is 28.1. The Labute approximate surface area is 166 Å². The number of amides is 2. The van der Waals surface area contributed by atoms with Gasteiger partial charge in [-0.05, 0) is 70.6 Å². The molecule has 3 N–H and O–H groups in total. The van der Waals surface area contributed by atoms with Crippen molar-refractivity contribution in [2.45, 2.75) is 65.0 Å². The minimum atomic E-state index is -0.545. The van der Waals surface area contributed by atoms with Gasteiger partial charge >= 0.3 is 6.09 Å². The Morgan fingerprint density at radius 1 is 1.21 bits per heavy atom. The van der Waals surface area contributed by atoms with E-state index in [2.05, 4.69) is 28.6 Å². The number of carbonyl (C=O) groups excluding carboxylic acids is 2. The van der Waals surface area contributed by atoms with Crippen LogP contribution < -0.4 is 10.6 Å². The molecule has 1 aromatic carbocycles. The number of aromatic amines is 1. The van der Waals surface area contributed by atoms with Crippen LogP contribution in [0.5, 0.6) is 0 Å². The topological polar surface area (TPSA) is 83.2 Å². The molecule has 1 aliphatic carbocycles. The number of hydrogen-bond donors (Lipinski definition) is 3. The number of aromatic nitrogens is 1.